The molecule has 2 amide bonds. The number of aromatic carboxylic acids is 1. The minimum Gasteiger partial charge on any atom is -0.478 e. The minimum atomic E-state index is -0.974. The molecular formula is C16H20N4O4. The van der Waals surface area contributed by atoms with Crippen LogP contribution in [0.3, 0.4) is 0 Å². The largest absolute Gasteiger partial charge is 0.478 e. The van der Waals surface area contributed by atoms with Gasteiger partial charge >= 0.3 is 12.0 Å². The maximum atomic E-state index is 11.8. The highest BCUT2D eigenvalue weighted by atomic mass is 16.5. The van der Waals surface area contributed by atoms with Gasteiger partial charge in [0.1, 0.15) is 0 Å². The number of nitrogens with zero attached hydrogens (tertiary/aromatic N) is 2. The number of carboxylic acid groups (broad SMARTS) is 1. The molecule has 1 aromatic carbocycles. The number of nitrogens with one attached hydrogen (secondary N) is 2. The second-order valence-corrected chi connectivity index (χ2v) is 5.14. The third-order valence-electron chi connectivity index (χ3n) is 3.32. The lowest BCUT2D eigenvalue weighted by Crippen LogP contribution is -2.34. The van der Waals surface area contributed by atoms with Gasteiger partial charge in [-0.2, -0.15) is 5.10 Å². The first-order valence-corrected chi connectivity index (χ1v) is 7.42. The summed E-state index contributed by atoms with van der Waals surface area (Å²) >= 11 is 0. The highest BCUT2D eigenvalue weighted by Crippen LogP contribution is 2.04. The molecule has 0 saturated heterocycles. The van der Waals surface area contributed by atoms with E-state index in [-0.39, 0.29) is 11.6 Å². The van der Waals surface area contributed by atoms with Crippen molar-refractivity contribution in [2.45, 2.75) is 19.6 Å². The van der Waals surface area contributed by atoms with Gasteiger partial charge < -0.3 is 20.5 Å². The van der Waals surface area contributed by atoms with Crippen LogP contribution in [-0.2, 0) is 24.4 Å². The topological polar surface area (TPSA) is 105 Å². The SMILES string of the molecule is COCCn1cc(CNC(=O)NCc2ccc(C(=O)O)cc2)cn1. The highest BCUT2D eigenvalue weighted by molar-refractivity contribution is 5.87. The molecule has 2 rings (SSSR count). The summed E-state index contributed by atoms with van der Waals surface area (Å²) < 4.78 is 6.73. The maximum Gasteiger partial charge on any atom is 0.335 e. The zero-order valence-corrected chi connectivity index (χ0v) is 13.4. The van der Waals surface area contributed by atoms with Crippen LogP contribution in [0.25, 0.3) is 0 Å². The van der Waals surface area contributed by atoms with Gasteiger partial charge in [-0.05, 0) is 17.7 Å². The van der Waals surface area contributed by atoms with E-state index >= 15 is 0 Å². The van der Waals surface area contributed by atoms with Gasteiger partial charge in [0.2, 0.25) is 0 Å². The molecule has 0 atom stereocenters. The Balaban J connectivity index is 1.73. The van der Waals surface area contributed by atoms with Crippen molar-refractivity contribution >= 4 is 12.0 Å². The summed E-state index contributed by atoms with van der Waals surface area (Å²) in [5.41, 5.74) is 1.93. The maximum absolute atomic E-state index is 11.8. The number of benzene rings is 1. The predicted octanol–water partition coefficient (Wildman–Crippen LogP) is 1.23. The van der Waals surface area contributed by atoms with Crippen LogP contribution >= 0.6 is 0 Å². The van der Waals surface area contributed by atoms with Crippen molar-refractivity contribution in [1.29, 1.82) is 0 Å². The molecule has 24 heavy (non-hydrogen) atoms. The van der Waals surface area contributed by atoms with E-state index in [4.69, 9.17) is 9.84 Å². The first kappa shape index (κ1) is 17.5. The van der Waals surface area contributed by atoms with Gasteiger partial charge in [-0.3, -0.25) is 4.68 Å². The molecule has 8 heteroatoms. The first-order chi connectivity index (χ1) is 11.6. The molecule has 128 valence electrons. The number of amides is 2. The molecule has 0 saturated carbocycles. The fourth-order valence-electron chi connectivity index (χ4n) is 2.00. The Morgan fingerprint density at radius 1 is 1.17 bits per heavy atom. The Morgan fingerprint density at radius 3 is 2.46 bits per heavy atom. The molecule has 0 aliphatic carbocycles. The molecule has 8 nitrogen and oxygen atoms in total. The van der Waals surface area contributed by atoms with Crippen LogP contribution < -0.4 is 10.6 Å². The zero-order valence-electron chi connectivity index (χ0n) is 13.4. The Morgan fingerprint density at radius 2 is 1.83 bits per heavy atom. The number of aromatic nitrogens is 2. The monoisotopic (exact) mass is 332 g/mol. The van der Waals surface area contributed by atoms with Crippen molar-refractivity contribution in [3.8, 4) is 0 Å². The lowest BCUT2D eigenvalue weighted by Gasteiger charge is -2.07. The van der Waals surface area contributed by atoms with Crippen LogP contribution in [0, 0.1) is 0 Å². The number of carboxylic acids is 1. The van der Waals surface area contributed by atoms with Crippen molar-refractivity contribution in [1.82, 2.24) is 20.4 Å². The molecule has 0 bridgehead atoms. The van der Waals surface area contributed by atoms with Crippen LogP contribution in [0.1, 0.15) is 21.5 Å². The summed E-state index contributed by atoms with van der Waals surface area (Å²) in [6.07, 6.45) is 3.55. The number of urea groups is 1. The van der Waals surface area contributed by atoms with Crippen LogP contribution in [-0.4, -0.2) is 40.6 Å². The van der Waals surface area contributed by atoms with Crippen LogP contribution in [0.2, 0.25) is 0 Å². The van der Waals surface area contributed by atoms with Crippen LogP contribution in [0.15, 0.2) is 36.7 Å². The number of ether oxygens (including phenoxy) is 1. The fourth-order valence-corrected chi connectivity index (χ4v) is 2.00. The van der Waals surface area contributed by atoms with Crippen molar-refractivity contribution in [2.24, 2.45) is 0 Å². The zero-order chi connectivity index (χ0) is 17.4. The number of methoxy groups -OCH3 is 1. The summed E-state index contributed by atoms with van der Waals surface area (Å²) in [4.78, 5) is 22.5. The van der Waals surface area contributed by atoms with Crippen LogP contribution in [0.4, 0.5) is 4.79 Å². The quantitative estimate of drug-likeness (QED) is 0.674. The summed E-state index contributed by atoms with van der Waals surface area (Å²) in [7, 11) is 1.63. The molecule has 1 heterocycles. The second-order valence-electron chi connectivity index (χ2n) is 5.14. The smallest absolute Gasteiger partial charge is 0.335 e. The lowest BCUT2D eigenvalue weighted by atomic mass is 10.1. The van der Waals surface area contributed by atoms with Gasteiger partial charge in [0.15, 0.2) is 0 Å². The number of hydrogen-bond acceptors (Lipinski definition) is 4. The van der Waals surface area contributed by atoms with E-state index in [9.17, 15) is 9.59 Å². The average molecular weight is 332 g/mol. The summed E-state index contributed by atoms with van der Waals surface area (Å²) in [5, 5.41) is 18.4. The Bertz CT molecular complexity index is 682. The van der Waals surface area contributed by atoms with Gasteiger partial charge in [-0.15, -0.1) is 0 Å². The predicted molar refractivity (Wildman–Crippen MR) is 86.6 cm³/mol. The Labute approximate surface area is 139 Å². The Hall–Kier alpha value is -2.87. The number of rotatable bonds is 8. The summed E-state index contributed by atoms with van der Waals surface area (Å²) in [5.74, 6) is -0.974. The van der Waals surface area contributed by atoms with Crippen molar-refractivity contribution in [2.75, 3.05) is 13.7 Å². The average Bonchev–Trinajstić information content (AvgIpc) is 3.04. The van der Waals surface area contributed by atoms with E-state index in [0.29, 0.717) is 26.2 Å². The van der Waals surface area contributed by atoms with E-state index in [0.717, 1.165) is 11.1 Å². The molecule has 0 unspecified atom stereocenters. The van der Waals surface area contributed by atoms with Gasteiger partial charge in [-0.25, -0.2) is 9.59 Å². The minimum absolute atomic E-state index is 0.216. The van der Waals surface area contributed by atoms with Crippen molar-refractivity contribution in [3.05, 3.63) is 53.3 Å². The van der Waals surface area contributed by atoms with Crippen molar-refractivity contribution < 1.29 is 19.4 Å². The van der Waals surface area contributed by atoms with E-state index in [1.165, 1.54) is 12.1 Å². The number of carbonyl (C=O) groups excluding carboxylic acids is 1. The third kappa shape index (κ3) is 5.40. The molecule has 0 spiro atoms. The van der Waals surface area contributed by atoms with Gasteiger partial charge in [0.25, 0.3) is 0 Å². The summed E-state index contributed by atoms with van der Waals surface area (Å²) in [6.45, 7) is 1.93. The molecule has 0 fully saturated rings. The molecule has 3 N–H and O–H groups in total. The summed E-state index contributed by atoms with van der Waals surface area (Å²) in [6, 6.07) is 6.05. The van der Waals surface area contributed by atoms with Gasteiger partial charge in [0.05, 0.1) is 24.9 Å². The first-order valence-electron chi connectivity index (χ1n) is 7.42. The van der Waals surface area contributed by atoms with E-state index in [2.05, 4.69) is 15.7 Å². The van der Waals surface area contributed by atoms with Gasteiger partial charge in [0, 0.05) is 32.0 Å². The number of carbonyl (C=O) groups is 2. The second kappa shape index (κ2) is 8.68. The van der Waals surface area contributed by atoms with Crippen LogP contribution in [0.5, 0.6) is 0 Å². The fraction of sp³-hybridized carbons (Fsp3) is 0.312. The van der Waals surface area contributed by atoms with Gasteiger partial charge in [-0.1, -0.05) is 12.1 Å². The normalized spacial score (nSPS) is 10.4. The molecule has 1 aromatic heterocycles. The highest BCUT2D eigenvalue weighted by Gasteiger charge is 2.05. The van der Waals surface area contributed by atoms with E-state index < -0.39 is 5.97 Å². The standard InChI is InChI=1S/C16H20N4O4/c1-24-7-6-20-11-13(10-19-20)9-18-16(23)17-8-12-2-4-14(5-3-12)15(21)22/h2-5,10-11H,6-9H2,1H3,(H,21,22)(H2,17,18,23). The van der Waals surface area contributed by atoms with Crippen molar-refractivity contribution in [3.63, 3.8) is 0 Å². The lowest BCUT2D eigenvalue weighted by molar-refractivity contribution is 0.0697. The molecule has 0 aliphatic heterocycles. The number of hydrogen-bond donors (Lipinski definition) is 3. The molecule has 0 aliphatic rings. The molecular weight excluding hydrogens is 312 g/mol. The molecule has 0 radical (unpaired) electrons. The third-order valence-corrected chi connectivity index (χ3v) is 3.32. The van der Waals surface area contributed by atoms with E-state index in [1.54, 1.807) is 30.1 Å². The molecule has 2 aromatic rings. The van der Waals surface area contributed by atoms with E-state index in [1.807, 2.05) is 6.20 Å². The Kier molecular flexibility index (Phi) is 6.32.